The lowest BCUT2D eigenvalue weighted by atomic mass is 9.88. The molecule has 0 bridgehead atoms. The van der Waals surface area contributed by atoms with E-state index in [2.05, 4.69) is 15.6 Å². The second-order valence-electron chi connectivity index (χ2n) is 6.08. The molecular formula is C19H23N3O. The Kier molecular flexibility index (Phi) is 5.25. The monoisotopic (exact) mass is 309 g/mol. The summed E-state index contributed by atoms with van der Waals surface area (Å²) in [4.78, 5) is 16.5. The highest BCUT2D eigenvalue weighted by Crippen LogP contribution is 2.25. The van der Waals surface area contributed by atoms with Gasteiger partial charge in [0.25, 0.3) is 0 Å². The normalized spacial score (nSPS) is 15.1. The second kappa shape index (κ2) is 7.77. The fourth-order valence-electron chi connectivity index (χ4n) is 2.98. The van der Waals surface area contributed by atoms with Crippen molar-refractivity contribution in [1.82, 2.24) is 4.98 Å². The molecule has 23 heavy (non-hydrogen) atoms. The summed E-state index contributed by atoms with van der Waals surface area (Å²) in [6, 6.07) is 13.7. The molecule has 1 heterocycles. The van der Waals surface area contributed by atoms with Crippen LogP contribution < -0.4 is 10.6 Å². The van der Waals surface area contributed by atoms with Gasteiger partial charge in [0, 0.05) is 23.5 Å². The lowest BCUT2D eigenvalue weighted by Crippen LogP contribution is -2.24. The molecule has 2 aromatic rings. The van der Waals surface area contributed by atoms with Crippen LogP contribution >= 0.6 is 0 Å². The number of carbonyl (C=O) groups is 1. The van der Waals surface area contributed by atoms with Gasteiger partial charge < -0.3 is 10.6 Å². The molecule has 1 aliphatic carbocycles. The summed E-state index contributed by atoms with van der Waals surface area (Å²) in [5.74, 6) is 0.351. The Hall–Kier alpha value is -2.36. The molecule has 2 N–H and O–H groups in total. The molecule has 1 aliphatic rings. The maximum Gasteiger partial charge on any atom is 0.227 e. The average molecular weight is 309 g/mol. The third kappa shape index (κ3) is 4.55. The molecule has 0 radical (unpaired) electrons. The number of nitrogens with zero attached hydrogens (tertiary/aromatic N) is 1. The molecule has 4 heteroatoms. The van der Waals surface area contributed by atoms with Gasteiger partial charge in [0.15, 0.2) is 0 Å². The summed E-state index contributed by atoms with van der Waals surface area (Å²) >= 11 is 0. The lowest BCUT2D eigenvalue weighted by Gasteiger charge is -2.20. The van der Waals surface area contributed by atoms with E-state index in [1.807, 2.05) is 42.5 Å². The zero-order valence-corrected chi connectivity index (χ0v) is 13.3. The number of nitrogens with one attached hydrogen (secondary N) is 2. The predicted molar refractivity (Wildman–Crippen MR) is 93.2 cm³/mol. The molecule has 4 nitrogen and oxygen atoms in total. The smallest absolute Gasteiger partial charge is 0.227 e. The minimum Gasteiger partial charge on any atom is -0.379 e. The van der Waals surface area contributed by atoms with Crippen LogP contribution in [0.2, 0.25) is 0 Å². The topological polar surface area (TPSA) is 54.0 Å². The molecule has 0 saturated heterocycles. The summed E-state index contributed by atoms with van der Waals surface area (Å²) in [5, 5.41) is 6.36. The van der Waals surface area contributed by atoms with Gasteiger partial charge in [-0.05, 0) is 49.2 Å². The van der Waals surface area contributed by atoms with E-state index in [1.54, 1.807) is 6.20 Å². The number of pyridine rings is 1. The van der Waals surface area contributed by atoms with Gasteiger partial charge in [-0.25, -0.2) is 0 Å². The zero-order valence-electron chi connectivity index (χ0n) is 13.3. The summed E-state index contributed by atoms with van der Waals surface area (Å²) in [6.45, 7) is 0.689. The van der Waals surface area contributed by atoms with E-state index in [0.29, 0.717) is 6.54 Å². The number of benzene rings is 1. The van der Waals surface area contributed by atoms with E-state index in [4.69, 9.17) is 0 Å². The summed E-state index contributed by atoms with van der Waals surface area (Å²) < 4.78 is 0. The maximum atomic E-state index is 12.2. The van der Waals surface area contributed by atoms with Gasteiger partial charge in [-0.1, -0.05) is 25.3 Å². The van der Waals surface area contributed by atoms with Crippen LogP contribution in [0.1, 0.15) is 37.8 Å². The molecule has 3 rings (SSSR count). The van der Waals surface area contributed by atoms with E-state index in [1.165, 1.54) is 19.3 Å². The van der Waals surface area contributed by atoms with Crippen LogP contribution in [0.3, 0.4) is 0 Å². The fourth-order valence-corrected chi connectivity index (χ4v) is 2.98. The van der Waals surface area contributed by atoms with Gasteiger partial charge in [0.2, 0.25) is 5.91 Å². The van der Waals surface area contributed by atoms with E-state index < -0.39 is 0 Å². The highest BCUT2D eigenvalue weighted by atomic mass is 16.1. The van der Waals surface area contributed by atoms with Crippen LogP contribution in [-0.2, 0) is 11.3 Å². The first-order valence-electron chi connectivity index (χ1n) is 8.36. The number of rotatable bonds is 5. The van der Waals surface area contributed by atoms with E-state index in [-0.39, 0.29) is 11.8 Å². The number of amides is 1. The highest BCUT2D eigenvalue weighted by molar-refractivity contribution is 5.92. The van der Waals surface area contributed by atoms with Gasteiger partial charge in [-0.2, -0.15) is 0 Å². The molecule has 1 aromatic carbocycles. The minimum atomic E-state index is 0.166. The van der Waals surface area contributed by atoms with Crippen LogP contribution in [-0.4, -0.2) is 10.9 Å². The van der Waals surface area contributed by atoms with E-state index in [9.17, 15) is 4.79 Å². The number of aromatic nitrogens is 1. The van der Waals surface area contributed by atoms with Crippen LogP contribution in [0.5, 0.6) is 0 Å². The Bertz CT molecular complexity index is 619. The average Bonchev–Trinajstić information content (AvgIpc) is 2.63. The number of anilines is 2. The first kappa shape index (κ1) is 15.5. The van der Waals surface area contributed by atoms with Crippen LogP contribution in [0.25, 0.3) is 0 Å². The van der Waals surface area contributed by atoms with Gasteiger partial charge in [0.05, 0.1) is 12.2 Å². The second-order valence-corrected chi connectivity index (χ2v) is 6.08. The Labute approximate surface area is 137 Å². The van der Waals surface area contributed by atoms with Crippen LogP contribution in [0.4, 0.5) is 11.4 Å². The van der Waals surface area contributed by atoms with Crippen molar-refractivity contribution in [3.63, 3.8) is 0 Å². The van der Waals surface area contributed by atoms with Crippen molar-refractivity contribution >= 4 is 17.3 Å². The molecule has 0 spiro atoms. The van der Waals surface area contributed by atoms with E-state index >= 15 is 0 Å². The maximum absolute atomic E-state index is 12.2. The Balaban J connectivity index is 1.51. The predicted octanol–water partition coefficient (Wildman–Crippen LogP) is 4.21. The Morgan fingerprint density at radius 3 is 2.43 bits per heavy atom. The minimum absolute atomic E-state index is 0.166. The standard InChI is InChI=1S/C19H23N3O/c23-19(15-6-2-1-3-7-15)22-17-11-9-16(10-12-17)21-14-18-8-4-5-13-20-18/h4-5,8-13,15,21H,1-3,6-7,14H2,(H,22,23). The molecule has 1 fully saturated rings. The molecule has 1 aromatic heterocycles. The fraction of sp³-hybridized carbons (Fsp3) is 0.368. The quantitative estimate of drug-likeness (QED) is 0.869. The molecule has 0 unspecified atom stereocenters. The first-order valence-corrected chi connectivity index (χ1v) is 8.36. The van der Waals surface area contributed by atoms with Gasteiger partial charge in [-0.15, -0.1) is 0 Å². The van der Waals surface area contributed by atoms with Gasteiger partial charge in [-0.3, -0.25) is 9.78 Å². The lowest BCUT2D eigenvalue weighted by molar-refractivity contribution is -0.120. The molecular weight excluding hydrogens is 286 g/mol. The Morgan fingerprint density at radius 2 is 1.74 bits per heavy atom. The zero-order chi connectivity index (χ0) is 15.9. The third-order valence-corrected chi connectivity index (χ3v) is 4.33. The van der Waals surface area contributed by atoms with Crippen molar-refractivity contribution < 1.29 is 4.79 Å². The summed E-state index contributed by atoms with van der Waals surface area (Å²) in [6.07, 6.45) is 7.45. The van der Waals surface area contributed by atoms with Crippen molar-refractivity contribution in [2.24, 2.45) is 5.92 Å². The molecule has 0 atom stereocenters. The van der Waals surface area contributed by atoms with Crippen molar-refractivity contribution in [3.8, 4) is 0 Å². The third-order valence-electron chi connectivity index (χ3n) is 4.33. The molecule has 120 valence electrons. The van der Waals surface area contributed by atoms with Gasteiger partial charge in [0.1, 0.15) is 0 Å². The van der Waals surface area contributed by atoms with Crippen molar-refractivity contribution in [2.45, 2.75) is 38.6 Å². The highest BCUT2D eigenvalue weighted by Gasteiger charge is 2.20. The van der Waals surface area contributed by atoms with Crippen molar-refractivity contribution in [2.75, 3.05) is 10.6 Å². The van der Waals surface area contributed by atoms with E-state index in [0.717, 1.165) is 29.9 Å². The number of hydrogen-bond acceptors (Lipinski definition) is 3. The van der Waals surface area contributed by atoms with Crippen molar-refractivity contribution in [3.05, 3.63) is 54.4 Å². The first-order chi connectivity index (χ1) is 11.3. The van der Waals surface area contributed by atoms with Crippen molar-refractivity contribution in [1.29, 1.82) is 0 Å². The largest absolute Gasteiger partial charge is 0.379 e. The number of hydrogen-bond donors (Lipinski definition) is 2. The molecule has 1 saturated carbocycles. The summed E-state index contributed by atoms with van der Waals surface area (Å²) in [5.41, 5.74) is 2.89. The van der Waals surface area contributed by atoms with Crippen LogP contribution in [0, 0.1) is 5.92 Å². The SMILES string of the molecule is O=C(Nc1ccc(NCc2ccccn2)cc1)C1CCCCC1. The number of carbonyl (C=O) groups excluding carboxylic acids is 1. The van der Waals surface area contributed by atoms with Crippen LogP contribution in [0.15, 0.2) is 48.7 Å². The summed E-state index contributed by atoms with van der Waals surface area (Å²) in [7, 11) is 0. The molecule has 1 amide bonds. The molecule has 0 aliphatic heterocycles. The van der Waals surface area contributed by atoms with Gasteiger partial charge >= 0.3 is 0 Å². The Morgan fingerprint density at radius 1 is 1.00 bits per heavy atom.